The van der Waals surface area contributed by atoms with E-state index in [1.807, 2.05) is 30.7 Å². The van der Waals surface area contributed by atoms with Gasteiger partial charge in [0, 0.05) is 36.3 Å². The van der Waals surface area contributed by atoms with Gasteiger partial charge >= 0.3 is 0 Å². The second-order valence-corrected chi connectivity index (χ2v) is 4.72. The highest BCUT2D eigenvalue weighted by molar-refractivity contribution is 5.70. The van der Waals surface area contributed by atoms with Crippen LogP contribution in [0.5, 0.6) is 0 Å². The molecule has 1 aliphatic heterocycles. The van der Waals surface area contributed by atoms with Crippen molar-refractivity contribution in [3.8, 4) is 11.3 Å². The largest absolute Gasteiger partial charge is 0.269 e. The number of nitrogens with zero attached hydrogens (tertiary/aromatic N) is 3. The van der Waals surface area contributed by atoms with Gasteiger partial charge in [-0.05, 0) is 43.2 Å². The van der Waals surface area contributed by atoms with Crippen LogP contribution in [0.25, 0.3) is 11.3 Å². The summed E-state index contributed by atoms with van der Waals surface area (Å²) in [5.74, 6) is 0.278. The second kappa shape index (κ2) is 5.14. The summed E-state index contributed by atoms with van der Waals surface area (Å²) in [7, 11) is 0. The topological polar surface area (TPSA) is 38.1 Å². The Balaban J connectivity index is 2.01. The lowest BCUT2D eigenvalue weighted by molar-refractivity contribution is 0.865. The minimum atomic E-state index is 0.278. The number of hydrogen-bond donors (Lipinski definition) is 0. The molecule has 0 aromatic carbocycles. The molecule has 0 N–H and O–H groups in total. The highest BCUT2D eigenvalue weighted by Crippen LogP contribution is 2.24. The fourth-order valence-corrected chi connectivity index (χ4v) is 2.23. The summed E-state index contributed by atoms with van der Waals surface area (Å²) in [5.41, 5.74) is 4.32. The highest BCUT2D eigenvalue weighted by atomic mass is 14.8. The molecule has 0 bridgehead atoms. The monoisotopic (exact) mass is 249 g/mol. The molecule has 0 amide bonds. The van der Waals surface area contributed by atoms with Gasteiger partial charge in [0.25, 0.3) is 0 Å². The zero-order chi connectivity index (χ0) is 13.1. The van der Waals surface area contributed by atoms with E-state index in [1.165, 1.54) is 5.56 Å². The molecule has 19 heavy (non-hydrogen) atoms. The van der Waals surface area contributed by atoms with Gasteiger partial charge in [-0.2, -0.15) is 0 Å². The molecule has 2 aromatic rings. The minimum Gasteiger partial charge on any atom is -0.269 e. The zero-order valence-electron chi connectivity index (χ0n) is 10.8. The number of rotatable bonds is 2. The van der Waals surface area contributed by atoms with E-state index in [1.54, 1.807) is 6.20 Å². The molecule has 0 fully saturated rings. The van der Waals surface area contributed by atoms with E-state index < -0.39 is 0 Å². The number of aryl methyl sites for hydroxylation is 1. The fraction of sp³-hybridized carbons (Fsp3) is 0.188. The third kappa shape index (κ3) is 2.60. The van der Waals surface area contributed by atoms with Gasteiger partial charge in [0.15, 0.2) is 0 Å². The van der Waals surface area contributed by atoms with Gasteiger partial charge in [-0.1, -0.05) is 6.08 Å². The lowest BCUT2D eigenvalue weighted by Gasteiger charge is -2.14. The summed E-state index contributed by atoms with van der Waals surface area (Å²) < 4.78 is 0. The van der Waals surface area contributed by atoms with Crippen molar-refractivity contribution in [2.45, 2.75) is 19.3 Å². The Morgan fingerprint density at radius 2 is 2.21 bits per heavy atom. The molecule has 0 saturated heterocycles. The van der Waals surface area contributed by atoms with Crippen LogP contribution < -0.4 is 0 Å². The average molecular weight is 249 g/mol. The molecule has 1 aliphatic rings. The van der Waals surface area contributed by atoms with Gasteiger partial charge in [0.05, 0.1) is 11.4 Å². The molecule has 3 nitrogen and oxygen atoms in total. The van der Waals surface area contributed by atoms with E-state index in [-0.39, 0.29) is 5.92 Å². The molecular weight excluding hydrogens is 234 g/mol. The first-order chi connectivity index (χ1) is 9.33. The standard InChI is InChI=1S/C16H15N3/c1-12-8-15(13-4-2-6-17-10-13)19-16(9-12)14-5-3-7-18-11-14/h2-4,6-11,14H,5H2,1H3. The number of allylic oxidation sites excluding steroid dienone is 1. The molecular formula is C16H15N3. The van der Waals surface area contributed by atoms with Crippen molar-refractivity contribution < 1.29 is 0 Å². The molecule has 0 aliphatic carbocycles. The van der Waals surface area contributed by atoms with Crippen LogP contribution >= 0.6 is 0 Å². The maximum atomic E-state index is 4.76. The third-order valence-electron chi connectivity index (χ3n) is 3.17. The normalized spacial score (nSPS) is 17.6. The van der Waals surface area contributed by atoms with E-state index >= 15 is 0 Å². The first-order valence-electron chi connectivity index (χ1n) is 6.40. The van der Waals surface area contributed by atoms with Crippen LogP contribution in [-0.2, 0) is 0 Å². The fourth-order valence-electron chi connectivity index (χ4n) is 2.23. The second-order valence-electron chi connectivity index (χ2n) is 4.72. The Hall–Kier alpha value is -2.29. The maximum absolute atomic E-state index is 4.76. The van der Waals surface area contributed by atoms with Crippen LogP contribution in [0.15, 0.2) is 53.9 Å². The van der Waals surface area contributed by atoms with Crippen LogP contribution in [0.4, 0.5) is 0 Å². The summed E-state index contributed by atoms with van der Waals surface area (Å²) in [6.45, 7) is 2.10. The van der Waals surface area contributed by atoms with Crippen LogP contribution in [0.2, 0.25) is 0 Å². The molecule has 0 spiro atoms. The van der Waals surface area contributed by atoms with E-state index in [0.717, 1.165) is 23.4 Å². The summed E-state index contributed by atoms with van der Waals surface area (Å²) >= 11 is 0. The Morgan fingerprint density at radius 3 is 2.95 bits per heavy atom. The molecule has 3 heteroatoms. The van der Waals surface area contributed by atoms with E-state index in [9.17, 15) is 0 Å². The van der Waals surface area contributed by atoms with Crippen LogP contribution in [0.1, 0.15) is 23.6 Å². The lowest BCUT2D eigenvalue weighted by atomic mass is 9.98. The molecule has 0 saturated carbocycles. The van der Waals surface area contributed by atoms with Crippen LogP contribution in [0, 0.1) is 6.92 Å². The van der Waals surface area contributed by atoms with E-state index in [2.05, 4.69) is 35.1 Å². The Morgan fingerprint density at radius 1 is 1.26 bits per heavy atom. The Kier molecular flexibility index (Phi) is 3.19. The van der Waals surface area contributed by atoms with Gasteiger partial charge in [-0.25, -0.2) is 0 Å². The Bertz CT molecular complexity index is 630. The number of hydrogen-bond acceptors (Lipinski definition) is 3. The predicted molar refractivity (Wildman–Crippen MR) is 77.2 cm³/mol. The lowest BCUT2D eigenvalue weighted by Crippen LogP contribution is -2.05. The molecule has 2 aromatic heterocycles. The first-order valence-corrected chi connectivity index (χ1v) is 6.40. The van der Waals surface area contributed by atoms with E-state index in [4.69, 9.17) is 4.98 Å². The van der Waals surface area contributed by atoms with Crippen LogP contribution in [-0.4, -0.2) is 16.2 Å². The van der Waals surface area contributed by atoms with Gasteiger partial charge in [0.1, 0.15) is 0 Å². The first kappa shape index (κ1) is 11.8. The van der Waals surface area contributed by atoms with Gasteiger partial charge in [0.2, 0.25) is 0 Å². The Labute approximate surface area is 112 Å². The van der Waals surface area contributed by atoms with Crippen molar-refractivity contribution >= 4 is 6.21 Å². The van der Waals surface area contributed by atoms with Gasteiger partial charge in [-0.15, -0.1) is 0 Å². The highest BCUT2D eigenvalue weighted by Gasteiger charge is 2.13. The zero-order valence-corrected chi connectivity index (χ0v) is 10.8. The maximum Gasteiger partial charge on any atom is 0.0723 e. The molecule has 3 heterocycles. The third-order valence-corrected chi connectivity index (χ3v) is 3.17. The SMILES string of the molecule is Cc1cc(-c2cccnc2)nc(C2C=NC=CC2)c1. The molecule has 0 radical (unpaired) electrons. The summed E-state index contributed by atoms with van der Waals surface area (Å²) in [6, 6.07) is 8.20. The van der Waals surface area contributed by atoms with Crippen molar-refractivity contribution in [2.24, 2.45) is 4.99 Å². The van der Waals surface area contributed by atoms with Gasteiger partial charge < -0.3 is 0 Å². The van der Waals surface area contributed by atoms with Crippen molar-refractivity contribution in [1.29, 1.82) is 0 Å². The number of aromatic nitrogens is 2. The average Bonchev–Trinajstić information content (AvgIpc) is 2.48. The summed E-state index contributed by atoms with van der Waals surface area (Å²) in [4.78, 5) is 13.1. The van der Waals surface area contributed by atoms with Crippen molar-refractivity contribution in [2.75, 3.05) is 0 Å². The summed E-state index contributed by atoms with van der Waals surface area (Å²) in [6.07, 6.45) is 10.5. The van der Waals surface area contributed by atoms with Crippen molar-refractivity contribution in [1.82, 2.24) is 9.97 Å². The van der Waals surface area contributed by atoms with Crippen molar-refractivity contribution in [3.63, 3.8) is 0 Å². The van der Waals surface area contributed by atoms with Crippen LogP contribution in [0.3, 0.4) is 0 Å². The molecule has 94 valence electrons. The summed E-state index contributed by atoms with van der Waals surface area (Å²) in [5, 5.41) is 0. The van der Waals surface area contributed by atoms with Crippen molar-refractivity contribution in [3.05, 3.63) is 60.2 Å². The minimum absolute atomic E-state index is 0.278. The number of aliphatic imine (C=N–C) groups is 1. The predicted octanol–water partition coefficient (Wildman–Crippen LogP) is 3.52. The van der Waals surface area contributed by atoms with E-state index in [0.29, 0.717) is 0 Å². The quantitative estimate of drug-likeness (QED) is 0.816. The molecule has 3 rings (SSSR count). The smallest absolute Gasteiger partial charge is 0.0723 e. The molecule has 1 atom stereocenters. The number of pyridine rings is 2. The molecule has 1 unspecified atom stereocenters. The van der Waals surface area contributed by atoms with Gasteiger partial charge in [-0.3, -0.25) is 15.0 Å².